The van der Waals surface area contributed by atoms with Gasteiger partial charge in [0.25, 0.3) is 16.1 Å². The average molecular weight is 933 g/mol. The van der Waals surface area contributed by atoms with E-state index in [0.29, 0.717) is 21.8 Å². The summed E-state index contributed by atoms with van der Waals surface area (Å²) in [7, 11) is -2.78. The molecule has 5 aromatic rings. The van der Waals surface area contributed by atoms with E-state index < -0.39 is 112 Å². The molecule has 0 unspecified atom stereocenters. The molecule has 1 aliphatic carbocycles. The molecule has 3 aromatic heterocycles. The largest absolute Gasteiger partial charge is 0.435 e. The molecular formula is C36H32F7IN8O4S. The van der Waals surface area contributed by atoms with Gasteiger partial charge in [0.05, 0.1) is 17.3 Å². The van der Waals surface area contributed by atoms with E-state index >= 15 is 8.78 Å². The zero-order valence-electron chi connectivity index (χ0n) is 30.0. The topological polar surface area (TPSA) is 170 Å². The third kappa shape index (κ3) is 9.13. The van der Waals surface area contributed by atoms with Gasteiger partial charge in [-0.3, -0.25) is 18.9 Å². The van der Waals surface area contributed by atoms with Crippen LogP contribution in [0.5, 0.6) is 0 Å². The number of carbonyl (C=O) groups is 1. The predicted molar refractivity (Wildman–Crippen MR) is 204 cm³/mol. The molecule has 0 spiro atoms. The Labute approximate surface area is 330 Å². The Balaban J connectivity index is 1.53. The number of amides is 1. The van der Waals surface area contributed by atoms with E-state index in [1.807, 2.05) is 0 Å². The zero-order chi connectivity index (χ0) is 41.8. The molecule has 1 amide bonds. The number of rotatable bonds is 10. The van der Waals surface area contributed by atoms with Crippen molar-refractivity contribution in [3.8, 4) is 23.0 Å². The molecule has 2 aromatic carbocycles. The third-order valence-electron chi connectivity index (χ3n) is 8.67. The van der Waals surface area contributed by atoms with Crippen molar-refractivity contribution in [3.05, 3.63) is 94.1 Å². The molecule has 0 radical (unpaired) electrons. The molecule has 6 rings (SSSR count). The molecular weight excluding hydrogens is 900 g/mol. The summed E-state index contributed by atoms with van der Waals surface area (Å²) in [6, 6.07) is 8.85. The number of carbonyl (C=O) groups excluding carboxylic acids is 1. The number of nitrogens with one attached hydrogen (secondary N) is 2. The fourth-order valence-corrected chi connectivity index (χ4v) is 8.93. The van der Waals surface area contributed by atoms with Crippen molar-refractivity contribution < 1.29 is 49.1 Å². The molecule has 12 nitrogen and oxygen atoms in total. The van der Waals surface area contributed by atoms with Gasteiger partial charge in [-0.2, -0.15) is 40.6 Å². The minimum Gasteiger partial charge on any atom is -0.378 e. The van der Waals surface area contributed by atoms with Crippen molar-refractivity contribution in [2.75, 3.05) is 4.72 Å². The van der Waals surface area contributed by atoms with Crippen LogP contribution in [0.25, 0.3) is 22.0 Å². The number of aromatic nitrogens is 5. The van der Waals surface area contributed by atoms with Crippen molar-refractivity contribution in [3.63, 3.8) is 0 Å². The van der Waals surface area contributed by atoms with Crippen LogP contribution in [0, 0.1) is 23.5 Å². The fourth-order valence-electron chi connectivity index (χ4n) is 6.61. The van der Waals surface area contributed by atoms with Gasteiger partial charge in [0.2, 0.25) is 5.91 Å². The standard InChI is InChI=1S/C36H32F7IN8O4S/c1-34(2,54)11-10-21-8-9-22(23-6-5-7-24-30(23)51(4)49-33(24)50-57(45,55)56)29(46-21)26(14-18-12-19(37)15-20(38)13-18)47-27(53)17-52-32-28(31(48-52)36(41,42)43)25(44-3)16-35(32,39)40/h5-9,12-13,15,25-26,54H,3,14,16-17H2,1-2,4H3,(H,47,53)(H,49,50)(H2,45,55,56)/t25-,26-/m0/s1. The highest BCUT2D eigenvalue weighted by atomic mass is 127. The number of fused-ring (bicyclic) bond motifs is 2. The Morgan fingerprint density at radius 3 is 2.42 bits per heavy atom. The number of hydrogen-bond donors (Lipinski definition) is 4. The van der Waals surface area contributed by atoms with E-state index in [9.17, 15) is 40.3 Å². The number of aryl methyl sites for hydroxylation is 1. The smallest absolute Gasteiger partial charge is 0.378 e. The number of halogens is 8. The van der Waals surface area contributed by atoms with E-state index in [2.05, 4.69) is 41.6 Å². The van der Waals surface area contributed by atoms with Crippen LogP contribution in [-0.4, -0.2) is 54.1 Å². The first kappa shape index (κ1) is 41.7. The number of alkyl halides is 6. The monoisotopic (exact) mass is 932 g/mol. The lowest BCUT2D eigenvalue weighted by Gasteiger charge is -2.23. The minimum absolute atomic E-state index is 0.00926. The van der Waals surface area contributed by atoms with Crippen LogP contribution in [0.15, 0.2) is 48.5 Å². The molecule has 21 heteroatoms. The summed E-state index contributed by atoms with van der Waals surface area (Å²) in [4.78, 5) is 18.6. The SMILES string of the molecule is C=I[C@H]1CC(F)(F)c2c1c(C(F)(F)F)nn2CC(=O)N[C@@H](Cc1cc(F)cc(F)c1)c1nc(C#CC(C)(C)O)ccc1-c1cccc2c(NS(N)(=O)=O)nn(C)c12. The number of nitrogens with two attached hydrogens (primary N) is 1. The second-order valence-corrected chi connectivity index (χ2v) is 17.3. The number of benzene rings is 2. The maximum absolute atomic E-state index is 15.3. The number of para-hydroxylation sites is 1. The molecule has 0 saturated carbocycles. The van der Waals surface area contributed by atoms with Crippen LogP contribution in [0.2, 0.25) is 0 Å². The van der Waals surface area contributed by atoms with Gasteiger partial charge in [-0.1, -0.05) is 22.6 Å². The predicted octanol–water partition coefficient (Wildman–Crippen LogP) is 5.91. The quantitative estimate of drug-likeness (QED) is 0.0585. The summed E-state index contributed by atoms with van der Waals surface area (Å²) in [6.07, 6.45) is -6.44. The molecule has 5 N–H and O–H groups in total. The van der Waals surface area contributed by atoms with Crippen molar-refractivity contribution in [2.45, 2.75) is 60.9 Å². The Bertz CT molecular complexity index is 2590. The summed E-state index contributed by atoms with van der Waals surface area (Å²) in [5.74, 6) is -1.62. The highest BCUT2D eigenvalue weighted by Crippen LogP contribution is 2.55. The molecule has 0 bridgehead atoms. The molecule has 0 fully saturated rings. The Morgan fingerprint density at radius 1 is 1.12 bits per heavy atom. The second-order valence-electron chi connectivity index (χ2n) is 13.7. The maximum atomic E-state index is 15.3. The Morgan fingerprint density at radius 2 is 1.81 bits per heavy atom. The maximum Gasteiger partial charge on any atom is 0.435 e. The highest BCUT2D eigenvalue weighted by molar-refractivity contribution is 14.2. The van der Waals surface area contributed by atoms with Crippen LogP contribution in [0.3, 0.4) is 0 Å². The van der Waals surface area contributed by atoms with E-state index in [1.54, 1.807) is 18.2 Å². The zero-order valence-corrected chi connectivity index (χ0v) is 33.0. The van der Waals surface area contributed by atoms with Crippen LogP contribution in [0.1, 0.15) is 64.1 Å². The summed E-state index contributed by atoms with van der Waals surface area (Å²) in [5.41, 5.74) is -3.88. The summed E-state index contributed by atoms with van der Waals surface area (Å²) in [6.45, 7) is 1.71. The van der Waals surface area contributed by atoms with Crippen LogP contribution in [0.4, 0.5) is 36.6 Å². The van der Waals surface area contributed by atoms with E-state index in [4.69, 9.17) is 5.14 Å². The van der Waals surface area contributed by atoms with Crippen LogP contribution in [-0.2, 0) is 47.1 Å². The highest BCUT2D eigenvalue weighted by Gasteiger charge is 2.54. The number of pyridine rings is 1. The molecule has 302 valence electrons. The number of anilines is 1. The lowest BCUT2D eigenvalue weighted by atomic mass is 9.93. The van der Waals surface area contributed by atoms with Crippen molar-refractivity contribution >= 4 is 58.1 Å². The van der Waals surface area contributed by atoms with Crippen molar-refractivity contribution in [1.82, 2.24) is 29.9 Å². The van der Waals surface area contributed by atoms with Gasteiger partial charge in [0.1, 0.15) is 35.2 Å². The lowest BCUT2D eigenvalue weighted by Crippen LogP contribution is -2.35. The minimum atomic E-state index is -5.12. The third-order valence-corrected chi connectivity index (χ3v) is 11.3. The number of nitrogens with zero attached hydrogens (tertiary/aromatic N) is 5. The Hall–Kier alpha value is -4.92. The Kier molecular flexibility index (Phi) is 11.1. The van der Waals surface area contributed by atoms with Gasteiger partial charge >= 0.3 is 6.18 Å². The first-order valence-electron chi connectivity index (χ1n) is 16.6. The van der Waals surface area contributed by atoms with E-state index in [-0.39, 0.29) is 33.7 Å². The van der Waals surface area contributed by atoms with Gasteiger partial charge in [-0.25, -0.2) is 18.9 Å². The normalized spacial score (nSPS) is 15.9. The molecule has 0 aliphatic heterocycles. The van der Waals surface area contributed by atoms with Gasteiger partial charge in [0.15, 0.2) is 11.5 Å². The van der Waals surface area contributed by atoms with E-state index in [1.165, 1.54) is 37.7 Å². The molecule has 2 atom stereocenters. The summed E-state index contributed by atoms with van der Waals surface area (Å²) < 4.78 is 132. The van der Waals surface area contributed by atoms with Crippen molar-refractivity contribution in [1.29, 1.82) is 0 Å². The van der Waals surface area contributed by atoms with Crippen LogP contribution < -0.4 is 15.2 Å². The summed E-state index contributed by atoms with van der Waals surface area (Å²) >= 11 is -1.39. The molecule has 1 aliphatic rings. The fraction of sp³-hybridized carbons (Fsp3) is 0.306. The molecule has 0 saturated heterocycles. The number of hydrogen-bond acceptors (Lipinski definition) is 7. The second kappa shape index (κ2) is 15.1. The average Bonchev–Trinajstić information content (AvgIpc) is 3.71. The summed E-state index contributed by atoms with van der Waals surface area (Å²) in [5, 5.41) is 26.0. The lowest BCUT2D eigenvalue weighted by molar-refractivity contribution is -0.142. The first-order valence-corrected chi connectivity index (χ1v) is 21.0. The van der Waals surface area contributed by atoms with E-state index in [0.717, 1.165) is 12.1 Å². The van der Waals surface area contributed by atoms with Crippen LogP contribution >= 0.6 is 20.7 Å². The molecule has 57 heavy (non-hydrogen) atoms. The van der Waals surface area contributed by atoms with Gasteiger partial charge in [-0.05, 0) is 62.1 Å². The van der Waals surface area contributed by atoms with Gasteiger partial charge in [-0.15, -0.1) is 20.7 Å². The van der Waals surface area contributed by atoms with Crippen molar-refractivity contribution in [2.24, 2.45) is 12.2 Å². The van der Waals surface area contributed by atoms with Gasteiger partial charge < -0.3 is 10.4 Å². The van der Waals surface area contributed by atoms with Gasteiger partial charge in [0, 0.05) is 45.5 Å². The first-order chi connectivity index (χ1) is 26.4. The molecule has 3 heterocycles. The number of aliphatic hydroxyl groups is 1.